The zero-order valence-corrected chi connectivity index (χ0v) is 9.87. The second kappa shape index (κ2) is 5.72. The predicted molar refractivity (Wildman–Crippen MR) is 65.7 cm³/mol. The Bertz CT molecular complexity index is 385. The van der Waals surface area contributed by atoms with Gasteiger partial charge in [0, 0.05) is 37.8 Å². The summed E-state index contributed by atoms with van der Waals surface area (Å²) in [6, 6.07) is 0. The molecule has 0 bridgehead atoms. The first-order valence-electron chi connectivity index (χ1n) is 5.52. The molecule has 0 amide bonds. The fourth-order valence-corrected chi connectivity index (χ4v) is 1.77. The Labute approximate surface area is 101 Å². The molecule has 1 aromatic heterocycles. The summed E-state index contributed by atoms with van der Waals surface area (Å²) in [5.74, 6) is 7.34. The van der Waals surface area contributed by atoms with E-state index in [2.05, 4.69) is 26.7 Å². The predicted octanol–water partition coefficient (Wildman–Crippen LogP) is 2.06. The third-order valence-electron chi connectivity index (χ3n) is 2.48. The summed E-state index contributed by atoms with van der Waals surface area (Å²) in [6.07, 6.45) is 6.74. The van der Waals surface area contributed by atoms with Crippen molar-refractivity contribution in [1.82, 2.24) is 9.97 Å². The van der Waals surface area contributed by atoms with Crippen molar-refractivity contribution in [3.05, 3.63) is 18.0 Å². The van der Waals surface area contributed by atoms with E-state index < -0.39 is 0 Å². The van der Waals surface area contributed by atoms with Crippen molar-refractivity contribution in [2.45, 2.75) is 19.3 Å². The van der Waals surface area contributed by atoms with Gasteiger partial charge in [-0.2, -0.15) is 0 Å². The van der Waals surface area contributed by atoms with Gasteiger partial charge in [0.2, 0.25) is 5.95 Å². The first kappa shape index (κ1) is 11.2. The van der Waals surface area contributed by atoms with Gasteiger partial charge in [0.15, 0.2) is 0 Å². The molecule has 84 valence electrons. The van der Waals surface area contributed by atoms with Gasteiger partial charge in [-0.3, -0.25) is 0 Å². The summed E-state index contributed by atoms with van der Waals surface area (Å²) in [5.41, 5.74) is 0.855. The zero-order chi connectivity index (χ0) is 11.2. The molecule has 0 aromatic carbocycles. The third kappa shape index (κ3) is 2.86. The Kier molecular flexibility index (Phi) is 4.01. The third-order valence-corrected chi connectivity index (χ3v) is 2.67. The lowest BCUT2D eigenvalue weighted by Gasteiger charge is -2.13. The molecule has 1 aliphatic heterocycles. The number of hydrogen-bond acceptors (Lipinski definition) is 3. The maximum atomic E-state index is 5.54. The van der Waals surface area contributed by atoms with Gasteiger partial charge in [0.1, 0.15) is 0 Å². The van der Waals surface area contributed by atoms with Crippen molar-refractivity contribution in [3.8, 4) is 11.8 Å². The highest BCUT2D eigenvalue weighted by molar-refractivity contribution is 6.18. The molecule has 3 nitrogen and oxygen atoms in total. The smallest absolute Gasteiger partial charge is 0.225 e. The maximum Gasteiger partial charge on any atom is 0.225 e. The number of alkyl halides is 1. The Morgan fingerprint density at radius 2 is 1.94 bits per heavy atom. The van der Waals surface area contributed by atoms with Crippen LogP contribution in [-0.2, 0) is 0 Å². The average molecular weight is 236 g/mol. The molecule has 0 saturated carbocycles. The van der Waals surface area contributed by atoms with E-state index >= 15 is 0 Å². The second-order valence-electron chi connectivity index (χ2n) is 3.71. The van der Waals surface area contributed by atoms with Crippen molar-refractivity contribution in [1.29, 1.82) is 0 Å². The van der Waals surface area contributed by atoms with Crippen LogP contribution in [0.5, 0.6) is 0 Å². The van der Waals surface area contributed by atoms with E-state index in [4.69, 9.17) is 11.6 Å². The minimum Gasteiger partial charge on any atom is -0.341 e. The van der Waals surface area contributed by atoms with Gasteiger partial charge in [-0.25, -0.2) is 9.97 Å². The highest BCUT2D eigenvalue weighted by atomic mass is 35.5. The molecule has 4 heteroatoms. The molecule has 16 heavy (non-hydrogen) atoms. The molecule has 0 aliphatic carbocycles. The van der Waals surface area contributed by atoms with Crippen molar-refractivity contribution in [2.24, 2.45) is 0 Å². The molecule has 0 N–H and O–H groups in total. The number of aromatic nitrogens is 2. The number of halogens is 1. The number of rotatable bonds is 2. The van der Waals surface area contributed by atoms with Crippen molar-refractivity contribution in [3.63, 3.8) is 0 Å². The molecule has 2 heterocycles. The Balaban J connectivity index is 2.02. The first-order valence-corrected chi connectivity index (χ1v) is 6.05. The van der Waals surface area contributed by atoms with E-state index in [0.717, 1.165) is 24.6 Å². The van der Waals surface area contributed by atoms with Crippen LogP contribution in [0.15, 0.2) is 12.4 Å². The fraction of sp³-hybridized carbons (Fsp3) is 0.500. The quantitative estimate of drug-likeness (QED) is 0.581. The van der Waals surface area contributed by atoms with Gasteiger partial charge in [-0.05, 0) is 12.8 Å². The van der Waals surface area contributed by atoms with E-state index in [1.54, 1.807) is 12.4 Å². The molecule has 1 saturated heterocycles. The van der Waals surface area contributed by atoms with Crippen LogP contribution < -0.4 is 4.90 Å². The minimum atomic E-state index is 0.569. The molecule has 1 fully saturated rings. The van der Waals surface area contributed by atoms with Crippen LogP contribution in [0.3, 0.4) is 0 Å². The molecule has 0 radical (unpaired) electrons. The lowest BCUT2D eigenvalue weighted by molar-refractivity contribution is 0.897. The SMILES string of the molecule is ClCCC#Cc1cnc(N2CCCC2)nc1. The summed E-state index contributed by atoms with van der Waals surface area (Å²) in [4.78, 5) is 10.8. The summed E-state index contributed by atoms with van der Waals surface area (Å²) < 4.78 is 0. The highest BCUT2D eigenvalue weighted by Gasteiger charge is 2.13. The number of anilines is 1. The molecular formula is C12H14ClN3. The lowest BCUT2D eigenvalue weighted by Crippen LogP contribution is -2.20. The van der Waals surface area contributed by atoms with Gasteiger partial charge in [0.25, 0.3) is 0 Å². The van der Waals surface area contributed by atoms with E-state index in [0.29, 0.717) is 12.3 Å². The molecule has 2 rings (SSSR count). The normalized spacial score (nSPS) is 14.7. The molecule has 0 unspecified atom stereocenters. The second-order valence-corrected chi connectivity index (χ2v) is 4.08. The Morgan fingerprint density at radius 1 is 1.25 bits per heavy atom. The van der Waals surface area contributed by atoms with Crippen LogP contribution in [0.25, 0.3) is 0 Å². The Morgan fingerprint density at radius 3 is 2.56 bits per heavy atom. The first-order chi connectivity index (χ1) is 7.90. The fourth-order valence-electron chi connectivity index (χ4n) is 1.68. The van der Waals surface area contributed by atoms with Crippen molar-refractivity contribution >= 4 is 17.5 Å². The summed E-state index contributed by atoms with van der Waals surface area (Å²) in [5, 5.41) is 0. The molecule has 0 spiro atoms. The van der Waals surface area contributed by atoms with E-state index in [9.17, 15) is 0 Å². The van der Waals surface area contributed by atoms with Crippen LogP contribution in [0.1, 0.15) is 24.8 Å². The lowest BCUT2D eigenvalue weighted by atomic mass is 10.3. The van der Waals surface area contributed by atoms with Gasteiger partial charge in [0.05, 0.1) is 5.56 Å². The maximum absolute atomic E-state index is 5.54. The van der Waals surface area contributed by atoms with Crippen LogP contribution in [0, 0.1) is 11.8 Å². The number of hydrogen-bond donors (Lipinski definition) is 0. The summed E-state index contributed by atoms with van der Waals surface area (Å²) in [6.45, 7) is 2.13. The van der Waals surface area contributed by atoms with Gasteiger partial charge in [-0.1, -0.05) is 11.8 Å². The highest BCUT2D eigenvalue weighted by Crippen LogP contribution is 2.14. The van der Waals surface area contributed by atoms with E-state index in [1.807, 2.05) is 0 Å². The summed E-state index contributed by atoms with van der Waals surface area (Å²) in [7, 11) is 0. The standard InChI is InChI=1S/C12H14ClN3/c13-6-2-1-5-11-9-14-12(15-10-11)16-7-3-4-8-16/h9-10H,2-4,6-8H2. The molecule has 1 aromatic rings. The van der Waals surface area contributed by atoms with Gasteiger partial charge in [-0.15, -0.1) is 11.6 Å². The molecular weight excluding hydrogens is 222 g/mol. The van der Waals surface area contributed by atoms with Crippen LogP contribution in [0.2, 0.25) is 0 Å². The topological polar surface area (TPSA) is 29.0 Å². The molecule has 0 atom stereocenters. The van der Waals surface area contributed by atoms with Crippen LogP contribution in [0.4, 0.5) is 5.95 Å². The largest absolute Gasteiger partial charge is 0.341 e. The monoisotopic (exact) mass is 235 g/mol. The van der Waals surface area contributed by atoms with Crippen LogP contribution in [-0.4, -0.2) is 28.9 Å². The minimum absolute atomic E-state index is 0.569. The zero-order valence-electron chi connectivity index (χ0n) is 9.12. The molecule has 1 aliphatic rings. The van der Waals surface area contributed by atoms with E-state index in [-0.39, 0.29) is 0 Å². The van der Waals surface area contributed by atoms with Gasteiger partial charge < -0.3 is 4.90 Å². The Hall–Kier alpha value is -1.27. The van der Waals surface area contributed by atoms with Crippen molar-refractivity contribution in [2.75, 3.05) is 23.9 Å². The van der Waals surface area contributed by atoms with Gasteiger partial charge >= 0.3 is 0 Å². The van der Waals surface area contributed by atoms with E-state index in [1.165, 1.54) is 12.8 Å². The van der Waals surface area contributed by atoms with Crippen LogP contribution >= 0.6 is 11.6 Å². The summed E-state index contributed by atoms with van der Waals surface area (Å²) >= 11 is 5.54. The van der Waals surface area contributed by atoms with Crippen molar-refractivity contribution < 1.29 is 0 Å². The average Bonchev–Trinajstić information content (AvgIpc) is 2.84. The number of nitrogens with zero attached hydrogens (tertiary/aromatic N) is 3.